The molecule has 0 bridgehead atoms. The fraction of sp³-hybridized carbons (Fsp3) is 0.133. The molecule has 2 heterocycles. The molecule has 0 saturated carbocycles. The molecule has 0 fully saturated rings. The highest BCUT2D eigenvalue weighted by atomic mass is 16.5. The first-order valence-corrected chi connectivity index (χ1v) is 6.45. The number of hydrogen-bond donors (Lipinski definition) is 2. The number of anilines is 1. The normalized spacial score (nSPS) is 10.6. The lowest BCUT2D eigenvalue weighted by atomic mass is 9.99. The second-order valence-electron chi connectivity index (χ2n) is 4.69. The van der Waals surface area contributed by atoms with Crippen molar-refractivity contribution in [3.8, 4) is 28.1 Å². The molecule has 106 valence electrons. The average Bonchev–Trinajstić information content (AvgIpc) is 2.89. The van der Waals surface area contributed by atoms with Crippen LogP contribution in [0.25, 0.3) is 22.4 Å². The van der Waals surface area contributed by atoms with E-state index in [2.05, 4.69) is 20.2 Å². The summed E-state index contributed by atoms with van der Waals surface area (Å²) in [5, 5.41) is 7.07. The van der Waals surface area contributed by atoms with E-state index in [1.165, 1.54) is 6.33 Å². The molecule has 0 atom stereocenters. The Kier molecular flexibility index (Phi) is 3.27. The number of nitrogens with two attached hydrogens (primary N) is 1. The van der Waals surface area contributed by atoms with Crippen molar-refractivity contribution in [1.82, 2.24) is 20.2 Å². The molecule has 3 aromatic rings. The standard InChI is InChI=1S/C15H15N5O/c1-9-3-4-12(21-2)11(5-9)13-14(19-20-15(13)16)10-6-17-8-18-7-10/h3-8H,1-2H3,(H3,16,19,20). The molecule has 0 aliphatic rings. The van der Waals surface area contributed by atoms with E-state index >= 15 is 0 Å². The summed E-state index contributed by atoms with van der Waals surface area (Å²) in [6.45, 7) is 2.02. The van der Waals surface area contributed by atoms with Crippen LogP contribution in [0, 0.1) is 6.92 Å². The molecule has 0 amide bonds. The fourth-order valence-electron chi connectivity index (χ4n) is 2.28. The molecule has 0 spiro atoms. The van der Waals surface area contributed by atoms with Crippen LogP contribution in [0.3, 0.4) is 0 Å². The maximum atomic E-state index is 6.05. The molecule has 3 N–H and O–H groups in total. The van der Waals surface area contributed by atoms with E-state index in [1.807, 2.05) is 25.1 Å². The van der Waals surface area contributed by atoms with Crippen LogP contribution in [-0.4, -0.2) is 27.3 Å². The van der Waals surface area contributed by atoms with Gasteiger partial charge in [-0.05, 0) is 19.1 Å². The van der Waals surface area contributed by atoms with Crippen LogP contribution in [0.4, 0.5) is 5.82 Å². The number of rotatable bonds is 3. The first-order valence-electron chi connectivity index (χ1n) is 6.45. The molecule has 3 rings (SSSR count). The summed E-state index contributed by atoms with van der Waals surface area (Å²) < 4.78 is 5.44. The molecule has 0 saturated heterocycles. The minimum atomic E-state index is 0.415. The molecule has 0 unspecified atom stereocenters. The lowest BCUT2D eigenvalue weighted by molar-refractivity contribution is 0.416. The van der Waals surface area contributed by atoms with E-state index in [0.29, 0.717) is 5.82 Å². The van der Waals surface area contributed by atoms with E-state index in [1.54, 1.807) is 19.5 Å². The van der Waals surface area contributed by atoms with Crippen LogP contribution in [0.2, 0.25) is 0 Å². The van der Waals surface area contributed by atoms with Crippen LogP contribution in [0.5, 0.6) is 5.75 Å². The van der Waals surface area contributed by atoms with Crippen molar-refractivity contribution in [1.29, 1.82) is 0 Å². The van der Waals surface area contributed by atoms with Gasteiger partial charge in [0.05, 0.1) is 18.4 Å². The largest absolute Gasteiger partial charge is 0.496 e. The zero-order valence-electron chi connectivity index (χ0n) is 11.8. The van der Waals surface area contributed by atoms with Gasteiger partial charge in [0.2, 0.25) is 0 Å². The molecule has 21 heavy (non-hydrogen) atoms. The number of nitrogens with zero attached hydrogens (tertiary/aromatic N) is 3. The number of ether oxygens (including phenoxy) is 1. The number of aromatic nitrogens is 4. The molecule has 2 aromatic heterocycles. The number of methoxy groups -OCH3 is 1. The molecular formula is C15H15N5O. The Balaban J connectivity index is 2.24. The van der Waals surface area contributed by atoms with Crippen LogP contribution in [-0.2, 0) is 0 Å². The van der Waals surface area contributed by atoms with Crippen LogP contribution in [0.1, 0.15) is 5.56 Å². The van der Waals surface area contributed by atoms with Gasteiger partial charge in [-0.3, -0.25) is 5.10 Å². The molecular weight excluding hydrogens is 266 g/mol. The van der Waals surface area contributed by atoms with Gasteiger partial charge in [-0.15, -0.1) is 0 Å². The minimum Gasteiger partial charge on any atom is -0.496 e. The summed E-state index contributed by atoms with van der Waals surface area (Å²) in [6, 6.07) is 5.93. The Hall–Kier alpha value is -2.89. The number of nitrogens with one attached hydrogen (secondary N) is 1. The zero-order chi connectivity index (χ0) is 14.8. The maximum Gasteiger partial charge on any atom is 0.153 e. The average molecular weight is 281 g/mol. The number of benzene rings is 1. The van der Waals surface area contributed by atoms with E-state index in [9.17, 15) is 0 Å². The van der Waals surface area contributed by atoms with Gasteiger partial charge in [0.15, 0.2) is 5.82 Å². The Bertz CT molecular complexity index is 767. The van der Waals surface area contributed by atoms with Gasteiger partial charge in [0, 0.05) is 23.5 Å². The molecule has 0 radical (unpaired) electrons. The van der Waals surface area contributed by atoms with E-state index < -0.39 is 0 Å². The van der Waals surface area contributed by atoms with Gasteiger partial charge >= 0.3 is 0 Å². The molecule has 6 heteroatoms. The summed E-state index contributed by atoms with van der Waals surface area (Å²) in [5.41, 5.74) is 10.4. The SMILES string of the molecule is COc1ccc(C)cc1-c1c(N)n[nH]c1-c1cncnc1. The van der Waals surface area contributed by atoms with Crippen LogP contribution < -0.4 is 10.5 Å². The zero-order valence-corrected chi connectivity index (χ0v) is 11.8. The summed E-state index contributed by atoms with van der Waals surface area (Å²) in [4.78, 5) is 8.07. The highest BCUT2D eigenvalue weighted by molar-refractivity contribution is 5.90. The third kappa shape index (κ3) is 2.31. The van der Waals surface area contributed by atoms with Crippen molar-refractivity contribution < 1.29 is 4.74 Å². The highest BCUT2D eigenvalue weighted by Gasteiger charge is 2.18. The van der Waals surface area contributed by atoms with E-state index in [-0.39, 0.29) is 0 Å². The second-order valence-corrected chi connectivity index (χ2v) is 4.69. The smallest absolute Gasteiger partial charge is 0.153 e. The van der Waals surface area contributed by atoms with Crippen molar-refractivity contribution in [3.63, 3.8) is 0 Å². The predicted octanol–water partition coefficient (Wildman–Crippen LogP) is 2.43. The number of nitrogen functional groups attached to an aromatic ring is 1. The summed E-state index contributed by atoms with van der Waals surface area (Å²) in [5.74, 6) is 1.16. The van der Waals surface area contributed by atoms with Gasteiger partial charge < -0.3 is 10.5 Å². The minimum absolute atomic E-state index is 0.415. The van der Waals surface area contributed by atoms with Gasteiger partial charge in [-0.25, -0.2) is 9.97 Å². The van der Waals surface area contributed by atoms with Crippen molar-refractivity contribution in [2.24, 2.45) is 0 Å². The molecule has 0 aliphatic heterocycles. The quantitative estimate of drug-likeness (QED) is 0.769. The van der Waals surface area contributed by atoms with Crippen molar-refractivity contribution in [3.05, 3.63) is 42.5 Å². The number of aromatic amines is 1. The lowest BCUT2D eigenvalue weighted by Crippen LogP contribution is -1.94. The number of hydrogen-bond acceptors (Lipinski definition) is 5. The van der Waals surface area contributed by atoms with Gasteiger partial charge in [-0.2, -0.15) is 5.10 Å². The van der Waals surface area contributed by atoms with Crippen LogP contribution >= 0.6 is 0 Å². The topological polar surface area (TPSA) is 89.7 Å². The van der Waals surface area contributed by atoms with Gasteiger partial charge in [-0.1, -0.05) is 11.6 Å². The summed E-state index contributed by atoms with van der Waals surface area (Å²) >= 11 is 0. The first kappa shape index (κ1) is 13.1. The first-order chi connectivity index (χ1) is 10.2. The Morgan fingerprint density at radius 2 is 1.95 bits per heavy atom. The van der Waals surface area contributed by atoms with Crippen LogP contribution in [0.15, 0.2) is 36.9 Å². The summed E-state index contributed by atoms with van der Waals surface area (Å²) in [7, 11) is 1.63. The highest BCUT2D eigenvalue weighted by Crippen LogP contribution is 2.39. The molecule has 0 aliphatic carbocycles. The Labute approximate surface area is 122 Å². The number of aryl methyl sites for hydroxylation is 1. The van der Waals surface area contributed by atoms with E-state index in [4.69, 9.17) is 10.5 Å². The van der Waals surface area contributed by atoms with Crippen molar-refractivity contribution in [2.75, 3.05) is 12.8 Å². The molecule has 1 aromatic carbocycles. The fourth-order valence-corrected chi connectivity index (χ4v) is 2.28. The Morgan fingerprint density at radius 1 is 1.19 bits per heavy atom. The maximum absolute atomic E-state index is 6.05. The van der Waals surface area contributed by atoms with E-state index in [0.717, 1.165) is 33.7 Å². The van der Waals surface area contributed by atoms with Crippen molar-refractivity contribution >= 4 is 5.82 Å². The monoisotopic (exact) mass is 281 g/mol. The van der Waals surface area contributed by atoms with Gasteiger partial charge in [0.1, 0.15) is 12.1 Å². The third-order valence-electron chi connectivity index (χ3n) is 3.27. The number of H-pyrrole nitrogens is 1. The second kappa shape index (κ2) is 5.24. The third-order valence-corrected chi connectivity index (χ3v) is 3.27. The summed E-state index contributed by atoms with van der Waals surface area (Å²) in [6.07, 6.45) is 4.91. The van der Waals surface area contributed by atoms with Gasteiger partial charge in [0.25, 0.3) is 0 Å². The van der Waals surface area contributed by atoms with Crippen molar-refractivity contribution in [2.45, 2.75) is 6.92 Å². The molecule has 6 nitrogen and oxygen atoms in total. The predicted molar refractivity (Wildman–Crippen MR) is 80.8 cm³/mol. The Morgan fingerprint density at radius 3 is 2.67 bits per heavy atom. The lowest BCUT2D eigenvalue weighted by Gasteiger charge is -2.10.